The van der Waals surface area contributed by atoms with Gasteiger partial charge in [0.05, 0.1) is 16.8 Å². The number of hydrogen-bond donors (Lipinski definition) is 3. The summed E-state index contributed by atoms with van der Waals surface area (Å²) in [6, 6.07) is 13.3. The number of aromatic nitrogens is 2. The van der Waals surface area contributed by atoms with E-state index in [1.165, 1.54) is 17.3 Å². The van der Waals surface area contributed by atoms with Gasteiger partial charge in [-0.2, -0.15) is 0 Å². The summed E-state index contributed by atoms with van der Waals surface area (Å²) in [5, 5.41) is 2.83. The Labute approximate surface area is 131 Å². The molecule has 1 aromatic heterocycles. The quantitative estimate of drug-likeness (QED) is 0.648. The highest BCUT2D eigenvalue weighted by atomic mass is 32.2. The molecular weight excluding hydrogens is 298 g/mol. The third-order valence-corrected chi connectivity index (χ3v) is 4.20. The van der Waals surface area contributed by atoms with E-state index in [1.54, 1.807) is 18.2 Å². The summed E-state index contributed by atoms with van der Waals surface area (Å²) in [6.07, 6.45) is 0. The molecule has 0 saturated carbocycles. The van der Waals surface area contributed by atoms with Crippen LogP contribution in [0, 0.1) is 6.92 Å². The highest BCUT2D eigenvalue weighted by Gasteiger charge is 2.05. The van der Waals surface area contributed by atoms with Crippen LogP contribution in [0.1, 0.15) is 5.56 Å². The molecule has 3 rings (SSSR count). The number of thioether (sulfide) groups is 1. The Kier molecular flexibility index (Phi) is 4.02. The van der Waals surface area contributed by atoms with Crippen molar-refractivity contribution >= 4 is 34.4 Å². The fraction of sp³-hybridized carbons (Fsp3) is 0.125. The maximum absolute atomic E-state index is 12.0. The Morgan fingerprint density at radius 2 is 1.82 bits per heavy atom. The molecule has 3 aromatic rings. The average Bonchev–Trinajstić information content (AvgIpc) is 2.86. The van der Waals surface area contributed by atoms with E-state index in [0.29, 0.717) is 17.0 Å². The summed E-state index contributed by atoms with van der Waals surface area (Å²) < 4.78 is 0. The van der Waals surface area contributed by atoms with Crippen LogP contribution in [0.3, 0.4) is 0 Å². The lowest BCUT2D eigenvalue weighted by atomic mass is 10.2. The normalized spacial score (nSPS) is 10.8. The van der Waals surface area contributed by atoms with Crippen LogP contribution in [-0.4, -0.2) is 21.6 Å². The third kappa shape index (κ3) is 3.40. The molecule has 0 aliphatic heterocycles. The SMILES string of the molecule is Cc1ccc(SCC(=O)Nc2ccc3[nH]c(=O)[nH]c3c2)cc1. The second-order valence-corrected chi connectivity index (χ2v) is 6.04. The van der Waals surface area contributed by atoms with Crippen molar-refractivity contribution in [2.45, 2.75) is 11.8 Å². The second-order valence-electron chi connectivity index (χ2n) is 4.99. The number of hydrogen-bond acceptors (Lipinski definition) is 3. The average molecular weight is 313 g/mol. The molecule has 6 heteroatoms. The van der Waals surface area contributed by atoms with Crippen LogP contribution in [0.2, 0.25) is 0 Å². The van der Waals surface area contributed by atoms with Gasteiger partial charge in [0.25, 0.3) is 0 Å². The minimum Gasteiger partial charge on any atom is -0.325 e. The van der Waals surface area contributed by atoms with Gasteiger partial charge in [-0.15, -0.1) is 11.8 Å². The van der Waals surface area contributed by atoms with E-state index in [1.807, 2.05) is 31.2 Å². The highest BCUT2D eigenvalue weighted by Crippen LogP contribution is 2.19. The van der Waals surface area contributed by atoms with Crippen molar-refractivity contribution in [2.75, 3.05) is 11.1 Å². The lowest BCUT2D eigenvalue weighted by molar-refractivity contribution is -0.113. The molecule has 0 radical (unpaired) electrons. The van der Waals surface area contributed by atoms with Crippen LogP contribution in [0.5, 0.6) is 0 Å². The van der Waals surface area contributed by atoms with Gasteiger partial charge >= 0.3 is 5.69 Å². The van der Waals surface area contributed by atoms with Crippen molar-refractivity contribution in [3.63, 3.8) is 0 Å². The fourth-order valence-electron chi connectivity index (χ4n) is 2.09. The van der Waals surface area contributed by atoms with Crippen LogP contribution >= 0.6 is 11.8 Å². The molecule has 5 nitrogen and oxygen atoms in total. The van der Waals surface area contributed by atoms with E-state index in [-0.39, 0.29) is 11.6 Å². The number of amides is 1. The molecule has 1 heterocycles. The maximum Gasteiger partial charge on any atom is 0.323 e. The van der Waals surface area contributed by atoms with E-state index in [2.05, 4.69) is 15.3 Å². The number of anilines is 1. The summed E-state index contributed by atoms with van der Waals surface area (Å²) >= 11 is 1.49. The van der Waals surface area contributed by atoms with Crippen molar-refractivity contribution in [3.8, 4) is 0 Å². The Hall–Kier alpha value is -2.47. The Bertz CT molecular complexity index is 865. The fourth-order valence-corrected chi connectivity index (χ4v) is 2.79. The number of fused-ring (bicyclic) bond motifs is 1. The first-order chi connectivity index (χ1) is 10.6. The maximum atomic E-state index is 12.0. The first kappa shape index (κ1) is 14.5. The molecule has 0 spiro atoms. The van der Waals surface area contributed by atoms with Crippen LogP contribution in [0.15, 0.2) is 52.2 Å². The molecule has 2 aromatic carbocycles. The van der Waals surface area contributed by atoms with Gasteiger partial charge in [-0.05, 0) is 37.3 Å². The van der Waals surface area contributed by atoms with Gasteiger partial charge in [-0.3, -0.25) is 4.79 Å². The molecule has 0 aliphatic rings. The van der Waals surface area contributed by atoms with Crippen molar-refractivity contribution in [3.05, 3.63) is 58.5 Å². The minimum atomic E-state index is -0.256. The molecule has 0 bridgehead atoms. The zero-order valence-corrected chi connectivity index (χ0v) is 12.8. The molecule has 112 valence electrons. The topological polar surface area (TPSA) is 77.8 Å². The number of H-pyrrole nitrogens is 2. The Balaban J connectivity index is 1.62. The van der Waals surface area contributed by atoms with E-state index >= 15 is 0 Å². The summed E-state index contributed by atoms with van der Waals surface area (Å²) in [5.74, 6) is 0.257. The van der Waals surface area contributed by atoms with Crippen LogP contribution in [0.25, 0.3) is 11.0 Å². The minimum absolute atomic E-state index is 0.0807. The summed E-state index contributed by atoms with van der Waals surface area (Å²) in [6.45, 7) is 2.03. The van der Waals surface area contributed by atoms with E-state index in [9.17, 15) is 9.59 Å². The lowest BCUT2D eigenvalue weighted by Crippen LogP contribution is -2.13. The number of imidazole rings is 1. The predicted molar refractivity (Wildman–Crippen MR) is 89.5 cm³/mol. The van der Waals surface area contributed by atoms with Gasteiger partial charge in [-0.25, -0.2) is 4.79 Å². The zero-order valence-electron chi connectivity index (χ0n) is 12.0. The first-order valence-electron chi connectivity index (χ1n) is 6.81. The number of aromatic amines is 2. The van der Waals surface area contributed by atoms with Crippen LogP contribution in [-0.2, 0) is 4.79 Å². The number of carbonyl (C=O) groups is 1. The molecule has 0 atom stereocenters. The Morgan fingerprint density at radius 3 is 2.59 bits per heavy atom. The highest BCUT2D eigenvalue weighted by molar-refractivity contribution is 8.00. The number of nitrogens with one attached hydrogen (secondary N) is 3. The summed E-state index contributed by atoms with van der Waals surface area (Å²) in [7, 11) is 0. The molecule has 0 aliphatic carbocycles. The van der Waals surface area contributed by atoms with Gasteiger partial charge in [0.1, 0.15) is 0 Å². The molecule has 0 fully saturated rings. The first-order valence-corrected chi connectivity index (χ1v) is 7.80. The van der Waals surface area contributed by atoms with Gasteiger partial charge < -0.3 is 15.3 Å². The van der Waals surface area contributed by atoms with Crippen molar-refractivity contribution in [2.24, 2.45) is 0 Å². The van der Waals surface area contributed by atoms with E-state index < -0.39 is 0 Å². The molecule has 22 heavy (non-hydrogen) atoms. The smallest absolute Gasteiger partial charge is 0.323 e. The van der Waals surface area contributed by atoms with Gasteiger partial charge in [-0.1, -0.05) is 17.7 Å². The lowest BCUT2D eigenvalue weighted by Gasteiger charge is -2.05. The number of rotatable bonds is 4. The molecule has 0 unspecified atom stereocenters. The van der Waals surface area contributed by atoms with Gasteiger partial charge in [0, 0.05) is 10.6 Å². The summed E-state index contributed by atoms with van der Waals surface area (Å²) in [5.41, 5.74) is 3.00. The second kappa shape index (κ2) is 6.11. The van der Waals surface area contributed by atoms with Crippen LogP contribution in [0.4, 0.5) is 5.69 Å². The third-order valence-electron chi connectivity index (χ3n) is 3.19. The van der Waals surface area contributed by atoms with Crippen molar-refractivity contribution < 1.29 is 4.79 Å². The number of aryl methyl sites for hydroxylation is 1. The molecule has 3 N–H and O–H groups in total. The zero-order chi connectivity index (χ0) is 15.5. The van der Waals surface area contributed by atoms with Crippen molar-refractivity contribution in [1.82, 2.24) is 9.97 Å². The van der Waals surface area contributed by atoms with Crippen LogP contribution < -0.4 is 11.0 Å². The largest absolute Gasteiger partial charge is 0.325 e. The summed E-state index contributed by atoms with van der Waals surface area (Å²) in [4.78, 5) is 29.6. The molecular formula is C16H15N3O2S. The van der Waals surface area contributed by atoms with Gasteiger partial charge in [0.2, 0.25) is 5.91 Å². The number of carbonyl (C=O) groups excluding carboxylic acids is 1. The standard InChI is InChI=1S/C16H15N3O2S/c1-10-2-5-12(6-3-10)22-9-15(20)17-11-4-7-13-14(8-11)19-16(21)18-13/h2-8H,9H2,1H3,(H,17,20)(H2,18,19,21). The van der Waals surface area contributed by atoms with Gasteiger partial charge in [0.15, 0.2) is 0 Å². The van der Waals surface area contributed by atoms with E-state index in [4.69, 9.17) is 0 Å². The number of benzene rings is 2. The predicted octanol–water partition coefficient (Wildman–Crippen LogP) is 2.90. The Morgan fingerprint density at radius 1 is 1.09 bits per heavy atom. The monoisotopic (exact) mass is 313 g/mol. The van der Waals surface area contributed by atoms with E-state index in [0.717, 1.165) is 10.4 Å². The van der Waals surface area contributed by atoms with Crippen molar-refractivity contribution in [1.29, 1.82) is 0 Å². The molecule has 1 amide bonds. The molecule has 0 saturated heterocycles.